The topological polar surface area (TPSA) is 24.1 Å². The highest BCUT2D eigenvalue weighted by atomic mass is 79.9. The van der Waals surface area contributed by atoms with Gasteiger partial charge >= 0.3 is 0 Å². The highest BCUT2D eigenvalue weighted by molar-refractivity contribution is 9.10. The fourth-order valence-corrected chi connectivity index (χ4v) is 3.50. The first-order valence-corrected chi connectivity index (χ1v) is 8.95. The zero-order valence-electron chi connectivity index (χ0n) is 13.8. The van der Waals surface area contributed by atoms with Crippen LogP contribution in [0.3, 0.4) is 0 Å². The number of benzene rings is 2. The van der Waals surface area contributed by atoms with Crippen molar-refractivity contribution in [1.29, 1.82) is 0 Å². The molecule has 0 heterocycles. The quantitative estimate of drug-likeness (QED) is 0.659. The first-order chi connectivity index (χ1) is 10.9. The van der Waals surface area contributed by atoms with Crippen LogP contribution in [0.4, 0.5) is 5.69 Å². The van der Waals surface area contributed by atoms with Crippen molar-refractivity contribution >= 4 is 38.9 Å². The largest absolute Gasteiger partial charge is 0.360 e. The first kappa shape index (κ1) is 18.0. The van der Waals surface area contributed by atoms with E-state index in [2.05, 4.69) is 77.7 Å². The van der Waals surface area contributed by atoms with E-state index >= 15 is 0 Å². The Balaban J connectivity index is 1.91. The van der Waals surface area contributed by atoms with Gasteiger partial charge in [0.05, 0.1) is 0 Å². The molecule has 0 saturated carbocycles. The molecule has 0 bridgehead atoms. The van der Waals surface area contributed by atoms with E-state index in [-0.39, 0.29) is 11.5 Å². The summed E-state index contributed by atoms with van der Waals surface area (Å²) in [7, 11) is 0. The molecule has 0 amide bonds. The van der Waals surface area contributed by atoms with Gasteiger partial charge in [-0.05, 0) is 54.7 Å². The highest BCUT2D eigenvalue weighted by Gasteiger charge is 2.23. The normalized spacial score (nSPS) is 12.5. The Hall–Kier alpha value is -1.39. The maximum atomic E-state index is 5.42. The van der Waals surface area contributed by atoms with E-state index < -0.39 is 0 Å². The number of thiocarbonyl (C=S) groups is 1. The zero-order chi connectivity index (χ0) is 16.9. The molecule has 0 saturated heterocycles. The molecule has 122 valence electrons. The van der Waals surface area contributed by atoms with Gasteiger partial charge < -0.3 is 10.6 Å². The highest BCUT2D eigenvalue weighted by Crippen LogP contribution is 2.28. The molecule has 0 fully saturated rings. The second-order valence-corrected chi connectivity index (χ2v) is 7.79. The van der Waals surface area contributed by atoms with E-state index in [0.717, 1.165) is 16.6 Å². The predicted octanol–water partition coefficient (Wildman–Crippen LogP) is 5.49. The molecule has 2 rings (SSSR count). The molecule has 1 unspecified atom stereocenters. The summed E-state index contributed by atoms with van der Waals surface area (Å²) in [6.07, 6.45) is 0.997. The molecule has 0 radical (unpaired) electrons. The fraction of sp³-hybridized carbons (Fsp3) is 0.316. The van der Waals surface area contributed by atoms with Gasteiger partial charge in [0.1, 0.15) is 0 Å². The molecule has 0 aliphatic carbocycles. The number of hydrogen-bond acceptors (Lipinski definition) is 1. The van der Waals surface area contributed by atoms with Crippen molar-refractivity contribution in [1.82, 2.24) is 5.32 Å². The van der Waals surface area contributed by atoms with E-state index in [1.165, 1.54) is 5.56 Å². The van der Waals surface area contributed by atoms with Crippen molar-refractivity contribution < 1.29 is 0 Å². The molecule has 2 aromatic rings. The monoisotopic (exact) mass is 390 g/mol. The lowest BCUT2D eigenvalue weighted by atomic mass is 9.79. The van der Waals surface area contributed by atoms with Crippen LogP contribution in [0.15, 0.2) is 59.1 Å². The van der Waals surface area contributed by atoms with Crippen LogP contribution in [-0.4, -0.2) is 11.2 Å². The molecule has 1 atom stereocenters. The number of anilines is 1. The first-order valence-electron chi connectivity index (χ1n) is 7.75. The van der Waals surface area contributed by atoms with Crippen molar-refractivity contribution in [2.45, 2.75) is 38.6 Å². The number of nitrogens with one attached hydrogen (secondary N) is 2. The molecule has 0 aliphatic heterocycles. The summed E-state index contributed by atoms with van der Waals surface area (Å²) in [5.41, 5.74) is 2.42. The van der Waals surface area contributed by atoms with Crippen molar-refractivity contribution in [3.05, 3.63) is 64.6 Å². The Bertz CT molecular complexity index is 655. The lowest BCUT2D eigenvalue weighted by Gasteiger charge is -2.29. The van der Waals surface area contributed by atoms with Crippen LogP contribution in [0, 0.1) is 0 Å². The van der Waals surface area contributed by atoms with Crippen LogP contribution in [0.2, 0.25) is 0 Å². The maximum Gasteiger partial charge on any atom is 0.170 e. The number of hydrogen-bond donors (Lipinski definition) is 2. The van der Waals surface area contributed by atoms with Crippen LogP contribution < -0.4 is 10.6 Å². The van der Waals surface area contributed by atoms with Crippen LogP contribution in [0.5, 0.6) is 0 Å². The maximum absolute atomic E-state index is 5.42. The van der Waals surface area contributed by atoms with Gasteiger partial charge in [-0.25, -0.2) is 0 Å². The average molecular weight is 391 g/mol. The molecule has 2 N–H and O–H groups in total. The molecule has 0 aromatic heterocycles. The van der Waals surface area contributed by atoms with Gasteiger partial charge in [0.15, 0.2) is 5.11 Å². The number of halogens is 1. The van der Waals surface area contributed by atoms with Crippen molar-refractivity contribution in [3.8, 4) is 0 Å². The summed E-state index contributed by atoms with van der Waals surface area (Å²) in [5.74, 6) is 0. The summed E-state index contributed by atoms with van der Waals surface area (Å²) in [4.78, 5) is 0. The molecular weight excluding hydrogens is 368 g/mol. The Labute approximate surface area is 152 Å². The molecule has 23 heavy (non-hydrogen) atoms. The Morgan fingerprint density at radius 1 is 1.13 bits per heavy atom. The van der Waals surface area contributed by atoms with Crippen LogP contribution in [0.1, 0.15) is 32.8 Å². The lowest BCUT2D eigenvalue weighted by Crippen LogP contribution is -2.39. The summed E-state index contributed by atoms with van der Waals surface area (Å²) in [6.45, 7) is 6.70. The third-order valence-corrected chi connectivity index (χ3v) is 4.54. The SMILES string of the molecule is CC(CC(C)(C)c1ccccc1)NC(=S)Nc1cccc(Br)c1. The molecular formula is C19H23BrN2S. The van der Waals surface area contributed by atoms with Crippen LogP contribution in [0.25, 0.3) is 0 Å². The van der Waals surface area contributed by atoms with Crippen LogP contribution >= 0.6 is 28.1 Å². The van der Waals surface area contributed by atoms with Gasteiger partial charge in [-0.1, -0.05) is 66.2 Å². The summed E-state index contributed by atoms with van der Waals surface area (Å²) < 4.78 is 1.03. The minimum atomic E-state index is 0.0963. The number of rotatable bonds is 5. The van der Waals surface area contributed by atoms with E-state index in [1.807, 2.05) is 24.3 Å². The predicted molar refractivity (Wildman–Crippen MR) is 107 cm³/mol. The van der Waals surface area contributed by atoms with Crippen molar-refractivity contribution in [2.24, 2.45) is 0 Å². The van der Waals surface area contributed by atoms with Gasteiger partial charge in [-0.15, -0.1) is 0 Å². The van der Waals surface area contributed by atoms with Gasteiger partial charge in [-0.2, -0.15) is 0 Å². The van der Waals surface area contributed by atoms with Gasteiger partial charge in [-0.3, -0.25) is 0 Å². The average Bonchev–Trinajstić information content (AvgIpc) is 2.47. The summed E-state index contributed by atoms with van der Waals surface area (Å²) in [6, 6.07) is 18.9. The van der Waals surface area contributed by atoms with Gasteiger partial charge in [0, 0.05) is 16.2 Å². The molecule has 0 spiro atoms. The smallest absolute Gasteiger partial charge is 0.170 e. The lowest BCUT2D eigenvalue weighted by molar-refractivity contribution is 0.420. The standard InChI is InChI=1S/C19H23BrN2S/c1-14(13-19(2,3)15-8-5-4-6-9-15)21-18(23)22-17-11-7-10-16(20)12-17/h4-12,14H,13H2,1-3H3,(H2,21,22,23). The molecule has 2 nitrogen and oxygen atoms in total. The molecule has 4 heteroatoms. The Morgan fingerprint density at radius 3 is 2.48 bits per heavy atom. The third kappa shape index (κ3) is 5.63. The Morgan fingerprint density at radius 2 is 1.83 bits per heavy atom. The minimum Gasteiger partial charge on any atom is -0.360 e. The second-order valence-electron chi connectivity index (χ2n) is 6.46. The van der Waals surface area contributed by atoms with Crippen LogP contribution in [-0.2, 0) is 5.41 Å². The van der Waals surface area contributed by atoms with Gasteiger partial charge in [0.25, 0.3) is 0 Å². The van der Waals surface area contributed by atoms with Crippen molar-refractivity contribution in [2.75, 3.05) is 5.32 Å². The van der Waals surface area contributed by atoms with E-state index in [9.17, 15) is 0 Å². The second kappa shape index (κ2) is 7.93. The third-order valence-electron chi connectivity index (χ3n) is 3.83. The minimum absolute atomic E-state index is 0.0963. The summed E-state index contributed by atoms with van der Waals surface area (Å²) >= 11 is 8.89. The zero-order valence-corrected chi connectivity index (χ0v) is 16.2. The molecule has 2 aromatic carbocycles. The van der Waals surface area contributed by atoms with E-state index in [0.29, 0.717) is 5.11 Å². The van der Waals surface area contributed by atoms with E-state index in [4.69, 9.17) is 12.2 Å². The molecule has 0 aliphatic rings. The van der Waals surface area contributed by atoms with Crippen molar-refractivity contribution in [3.63, 3.8) is 0 Å². The van der Waals surface area contributed by atoms with E-state index in [1.54, 1.807) is 0 Å². The van der Waals surface area contributed by atoms with Gasteiger partial charge in [0.2, 0.25) is 0 Å². The summed E-state index contributed by atoms with van der Waals surface area (Å²) in [5, 5.41) is 7.26. The fourth-order valence-electron chi connectivity index (χ4n) is 2.78. The Kier molecular flexibility index (Phi) is 6.19.